The van der Waals surface area contributed by atoms with Crippen LogP contribution in [0.5, 0.6) is 0 Å². The highest BCUT2D eigenvalue weighted by Crippen LogP contribution is 2.26. The topological polar surface area (TPSA) is 63.6 Å². The minimum absolute atomic E-state index is 0.0859. The van der Waals surface area contributed by atoms with E-state index in [0.29, 0.717) is 0 Å². The van der Waals surface area contributed by atoms with Gasteiger partial charge >= 0.3 is 15.5 Å². The lowest BCUT2D eigenvalue weighted by atomic mass is 9.98. The molecule has 0 saturated carbocycles. The fraction of sp³-hybridized carbons (Fsp3) is 0.333. The first-order valence-corrected chi connectivity index (χ1v) is 5.81. The van der Waals surface area contributed by atoms with Gasteiger partial charge in [0.25, 0.3) is 0 Å². The lowest BCUT2D eigenvalue weighted by molar-refractivity contribution is -0.110. The second-order valence-corrected chi connectivity index (χ2v) is 5.01. The zero-order valence-electron chi connectivity index (χ0n) is 8.87. The maximum atomic E-state index is 12.1. The van der Waals surface area contributed by atoms with Crippen LogP contribution >= 0.6 is 0 Å². The van der Waals surface area contributed by atoms with E-state index in [1.54, 1.807) is 0 Å². The highest BCUT2D eigenvalue weighted by molar-refractivity contribution is 7.91. The van der Waals surface area contributed by atoms with Gasteiger partial charge in [0.2, 0.25) is 0 Å². The van der Waals surface area contributed by atoms with Crippen molar-refractivity contribution in [3.8, 4) is 0 Å². The van der Waals surface area contributed by atoms with Crippen molar-refractivity contribution in [2.75, 3.05) is 0 Å². The van der Waals surface area contributed by atoms with Gasteiger partial charge in [-0.2, -0.15) is 26.0 Å². The Kier molecular flexibility index (Phi) is 3.28. The summed E-state index contributed by atoms with van der Waals surface area (Å²) in [6, 6.07) is 0. The van der Waals surface area contributed by atoms with Gasteiger partial charge in [-0.25, -0.2) is 0 Å². The predicted molar refractivity (Wildman–Crippen MR) is 54.9 cm³/mol. The Morgan fingerprint density at radius 3 is 1.88 bits per heavy atom. The highest BCUT2D eigenvalue weighted by Gasteiger charge is 2.46. The number of allylic oxidation sites excluding steroid dienone is 4. The van der Waals surface area contributed by atoms with Gasteiger partial charge in [-0.1, -0.05) is 0 Å². The Hall–Kier alpha value is -1.44. The SMILES string of the molecule is CC1=CC(=O)C=C(C)C1=NS(=O)(=O)C(F)(F)F. The maximum Gasteiger partial charge on any atom is 0.518 e. The van der Waals surface area contributed by atoms with Crippen molar-refractivity contribution in [1.29, 1.82) is 0 Å². The molecule has 1 rings (SSSR count). The predicted octanol–water partition coefficient (Wildman–Crippen LogP) is 1.75. The van der Waals surface area contributed by atoms with Gasteiger partial charge in [0, 0.05) is 0 Å². The maximum absolute atomic E-state index is 12.1. The summed E-state index contributed by atoms with van der Waals surface area (Å²) in [5.74, 6) is -0.414. The third-order valence-electron chi connectivity index (χ3n) is 1.97. The standard InChI is InChI=1S/C9H8F3NO3S/c1-5-3-7(14)4-6(2)8(5)13-17(15,16)9(10,11)12/h3-4H,1-2H3. The lowest BCUT2D eigenvalue weighted by Crippen LogP contribution is -2.23. The van der Waals surface area contributed by atoms with Crippen molar-refractivity contribution in [2.45, 2.75) is 19.4 Å². The van der Waals surface area contributed by atoms with Crippen molar-refractivity contribution in [3.05, 3.63) is 23.3 Å². The number of halogens is 3. The average Bonchev–Trinajstić information content (AvgIpc) is 2.09. The molecular formula is C9H8F3NO3S. The van der Waals surface area contributed by atoms with E-state index in [-0.39, 0.29) is 16.9 Å². The van der Waals surface area contributed by atoms with E-state index >= 15 is 0 Å². The molecule has 0 atom stereocenters. The summed E-state index contributed by atoms with van der Waals surface area (Å²) < 4.78 is 60.7. The van der Waals surface area contributed by atoms with Crippen LogP contribution in [-0.2, 0) is 14.8 Å². The molecule has 17 heavy (non-hydrogen) atoms. The number of alkyl halides is 3. The highest BCUT2D eigenvalue weighted by atomic mass is 32.2. The van der Waals surface area contributed by atoms with Crippen molar-refractivity contribution in [1.82, 2.24) is 0 Å². The lowest BCUT2D eigenvalue weighted by Gasteiger charge is -2.12. The van der Waals surface area contributed by atoms with Gasteiger partial charge in [0.1, 0.15) is 0 Å². The minimum Gasteiger partial charge on any atom is -0.290 e. The molecule has 94 valence electrons. The number of hydrogen-bond acceptors (Lipinski definition) is 3. The number of sulfonamides is 1. The monoisotopic (exact) mass is 267 g/mol. The molecule has 0 unspecified atom stereocenters. The van der Waals surface area contributed by atoms with Crippen LogP contribution in [0, 0.1) is 0 Å². The van der Waals surface area contributed by atoms with Gasteiger partial charge in [-0.15, -0.1) is 0 Å². The first-order chi connectivity index (χ1) is 7.54. The summed E-state index contributed by atoms with van der Waals surface area (Å²) in [6.07, 6.45) is 2.05. The van der Waals surface area contributed by atoms with Crippen molar-refractivity contribution in [2.24, 2.45) is 4.40 Å². The Labute approximate surface area is 95.6 Å². The Morgan fingerprint density at radius 2 is 1.53 bits per heavy atom. The van der Waals surface area contributed by atoms with Gasteiger partial charge < -0.3 is 0 Å². The number of hydrogen-bond donors (Lipinski definition) is 0. The van der Waals surface area contributed by atoms with E-state index in [2.05, 4.69) is 4.40 Å². The number of carbonyl (C=O) groups is 1. The summed E-state index contributed by atoms with van der Waals surface area (Å²) in [5, 5.41) is 0. The third kappa shape index (κ3) is 2.82. The number of nitrogens with zero attached hydrogens (tertiary/aromatic N) is 1. The second-order valence-electron chi connectivity index (χ2n) is 3.42. The zero-order chi connectivity index (χ0) is 13.4. The fourth-order valence-electron chi connectivity index (χ4n) is 1.23. The molecule has 0 aromatic heterocycles. The smallest absolute Gasteiger partial charge is 0.290 e. The third-order valence-corrected chi connectivity index (χ3v) is 2.98. The average molecular weight is 267 g/mol. The summed E-state index contributed by atoms with van der Waals surface area (Å²) in [5.41, 5.74) is -5.62. The molecule has 0 radical (unpaired) electrons. The number of ketones is 1. The Bertz CT molecular complexity index is 529. The van der Waals surface area contributed by atoms with E-state index in [1.165, 1.54) is 13.8 Å². The molecule has 0 aliphatic heterocycles. The van der Waals surface area contributed by atoms with Crippen LogP contribution in [0.25, 0.3) is 0 Å². The molecule has 0 aromatic carbocycles. The Balaban J connectivity index is 3.32. The summed E-state index contributed by atoms with van der Waals surface area (Å²) in [4.78, 5) is 11.0. The first-order valence-electron chi connectivity index (χ1n) is 4.37. The quantitative estimate of drug-likeness (QED) is 0.680. The van der Waals surface area contributed by atoms with Crippen LogP contribution < -0.4 is 0 Å². The van der Waals surface area contributed by atoms with Crippen molar-refractivity contribution < 1.29 is 26.4 Å². The molecule has 0 amide bonds. The van der Waals surface area contributed by atoms with Gasteiger partial charge in [-0.3, -0.25) is 4.79 Å². The van der Waals surface area contributed by atoms with Crippen molar-refractivity contribution in [3.63, 3.8) is 0 Å². The molecular weight excluding hydrogens is 259 g/mol. The first kappa shape index (κ1) is 13.6. The molecule has 0 aromatic rings. The molecule has 0 spiro atoms. The second kappa shape index (κ2) is 4.10. The summed E-state index contributed by atoms with van der Waals surface area (Å²) >= 11 is 0. The van der Waals surface area contributed by atoms with E-state index in [9.17, 15) is 26.4 Å². The van der Waals surface area contributed by atoms with Crippen molar-refractivity contribution >= 4 is 21.5 Å². The van der Waals surface area contributed by atoms with E-state index in [1.807, 2.05) is 0 Å². The number of rotatable bonds is 1. The van der Waals surface area contributed by atoms with Crippen LogP contribution in [-0.4, -0.2) is 25.4 Å². The molecule has 0 bridgehead atoms. The van der Waals surface area contributed by atoms with Crippen LogP contribution in [0.2, 0.25) is 0 Å². The molecule has 1 aliphatic rings. The molecule has 4 nitrogen and oxygen atoms in total. The van der Waals surface area contributed by atoms with Crippen LogP contribution in [0.1, 0.15) is 13.8 Å². The van der Waals surface area contributed by atoms with E-state index in [0.717, 1.165) is 12.2 Å². The molecule has 0 N–H and O–H groups in total. The van der Waals surface area contributed by atoms with Gasteiger partial charge in [0.15, 0.2) is 5.78 Å². The van der Waals surface area contributed by atoms with Crippen LogP contribution in [0.15, 0.2) is 27.7 Å². The molecule has 1 aliphatic carbocycles. The van der Waals surface area contributed by atoms with Crippen LogP contribution in [0.4, 0.5) is 13.2 Å². The fourth-order valence-corrected chi connectivity index (χ4v) is 1.86. The summed E-state index contributed by atoms with van der Waals surface area (Å²) in [7, 11) is -5.59. The summed E-state index contributed by atoms with van der Waals surface area (Å²) in [6.45, 7) is 2.64. The minimum atomic E-state index is -5.59. The zero-order valence-corrected chi connectivity index (χ0v) is 9.69. The molecule has 0 heterocycles. The molecule has 0 fully saturated rings. The van der Waals surface area contributed by atoms with Crippen LogP contribution in [0.3, 0.4) is 0 Å². The van der Waals surface area contributed by atoms with Gasteiger partial charge in [-0.05, 0) is 37.1 Å². The molecule has 8 heteroatoms. The van der Waals surface area contributed by atoms with Gasteiger partial charge in [0.05, 0.1) is 5.71 Å². The molecule has 0 saturated heterocycles. The number of carbonyl (C=O) groups excluding carboxylic acids is 1. The Morgan fingerprint density at radius 1 is 1.12 bits per heavy atom. The largest absolute Gasteiger partial charge is 0.518 e. The normalized spacial score (nSPS) is 17.7. The van der Waals surface area contributed by atoms with E-state index in [4.69, 9.17) is 0 Å². The van der Waals surface area contributed by atoms with E-state index < -0.39 is 21.3 Å².